The second-order valence-corrected chi connectivity index (χ2v) is 4.97. The first-order valence-corrected chi connectivity index (χ1v) is 6.12. The van der Waals surface area contributed by atoms with Crippen LogP contribution in [0.25, 0.3) is 0 Å². The normalized spacial score (nSPS) is 22.4. The Balaban J connectivity index is 2.15. The summed E-state index contributed by atoms with van der Waals surface area (Å²) in [6.07, 6.45) is 3.65. The van der Waals surface area contributed by atoms with Crippen LogP contribution in [0.2, 0.25) is 0 Å². The quantitative estimate of drug-likeness (QED) is 0.285. The minimum atomic E-state index is -0.184. The summed E-state index contributed by atoms with van der Waals surface area (Å²) in [6, 6.07) is 0. The van der Waals surface area contributed by atoms with Crippen molar-refractivity contribution in [1.29, 1.82) is 0 Å². The molecule has 1 aliphatic rings. The molecule has 1 heterocycles. The molecule has 1 amide bonds. The predicted molar refractivity (Wildman–Crippen MR) is 61.1 cm³/mol. The van der Waals surface area contributed by atoms with Gasteiger partial charge in [0.1, 0.15) is 5.84 Å². The van der Waals surface area contributed by atoms with Crippen molar-refractivity contribution in [3.63, 3.8) is 0 Å². The van der Waals surface area contributed by atoms with Crippen molar-refractivity contribution in [3.05, 3.63) is 0 Å². The number of carbonyl (C=O) groups excluding carboxylic acids is 1. The van der Waals surface area contributed by atoms with Crippen molar-refractivity contribution < 1.29 is 10.0 Å². The monoisotopic (exact) mass is 231 g/mol. The van der Waals surface area contributed by atoms with Gasteiger partial charge < -0.3 is 16.3 Å². The minimum Gasteiger partial charge on any atom is -0.409 e. The van der Waals surface area contributed by atoms with Crippen LogP contribution in [-0.2, 0) is 4.79 Å². The van der Waals surface area contributed by atoms with Gasteiger partial charge in [-0.25, -0.2) is 0 Å². The summed E-state index contributed by atoms with van der Waals surface area (Å²) in [7, 11) is 0. The Morgan fingerprint density at radius 3 is 3.00 bits per heavy atom. The van der Waals surface area contributed by atoms with Gasteiger partial charge in [0, 0.05) is 11.8 Å². The molecule has 1 saturated heterocycles. The number of hydrogen-bond acceptors (Lipinski definition) is 4. The smallest absolute Gasteiger partial charge is 0.227 e. The summed E-state index contributed by atoms with van der Waals surface area (Å²) in [5.41, 5.74) is 5.22. The summed E-state index contributed by atoms with van der Waals surface area (Å²) in [6.45, 7) is 0.683. The lowest BCUT2D eigenvalue weighted by Crippen LogP contribution is -2.34. The number of nitrogens with two attached hydrogens (primary N) is 1. The highest BCUT2D eigenvalue weighted by molar-refractivity contribution is 7.99. The van der Waals surface area contributed by atoms with E-state index in [0.717, 1.165) is 6.42 Å². The maximum absolute atomic E-state index is 11.3. The highest BCUT2D eigenvalue weighted by atomic mass is 32.2. The van der Waals surface area contributed by atoms with Crippen LogP contribution in [0.3, 0.4) is 0 Å². The number of amidine groups is 1. The zero-order valence-corrected chi connectivity index (χ0v) is 9.42. The second kappa shape index (κ2) is 6.55. The third kappa shape index (κ3) is 4.92. The van der Waals surface area contributed by atoms with Crippen LogP contribution in [0.15, 0.2) is 5.16 Å². The summed E-state index contributed by atoms with van der Waals surface area (Å²) in [5.74, 6) is 0.945. The van der Waals surface area contributed by atoms with Crippen LogP contribution in [0, 0.1) is 0 Å². The zero-order chi connectivity index (χ0) is 11.1. The van der Waals surface area contributed by atoms with Crippen LogP contribution in [-0.4, -0.2) is 34.5 Å². The Hall–Kier alpha value is -0.910. The topological polar surface area (TPSA) is 87.7 Å². The van der Waals surface area contributed by atoms with Crippen molar-refractivity contribution >= 4 is 23.5 Å². The molecule has 0 aromatic rings. The Labute approximate surface area is 93.5 Å². The van der Waals surface area contributed by atoms with Crippen molar-refractivity contribution in [1.82, 2.24) is 5.32 Å². The molecule has 0 spiro atoms. The molecule has 1 atom stereocenters. The molecule has 0 radical (unpaired) electrons. The van der Waals surface area contributed by atoms with Crippen LogP contribution >= 0.6 is 11.8 Å². The number of nitrogens with zero attached hydrogens (tertiary/aromatic N) is 1. The van der Waals surface area contributed by atoms with Gasteiger partial charge in [-0.1, -0.05) is 11.6 Å². The van der Waals surface area contributed by atoms with Crippen LogP contribution in [0.5, 0.6) is 0 Å². The maximum atomic E-state index is 11.3. The fourth-order valence-corrected chi connectivity index (χ4v) is 2.70. The highest BCUT2D eigenvalue weighted by Crippen LogP contribution is 2.24. The van der Waals surface area contributed by atoms with E-state index in [2.05, 4.69) is 10.5 Å². The Kier molecular flexibility index (Phi) is 5.31. The molecule has 4 N–H and O–H groups in total. The molecule has 0 bridgehead atoms. The second-order valence-electron chi connectivity index (χ2n) is 3.56. The zero-order valence-electron chi connectivity index (χ0n) is 8.61. The molecule has 1 rings (SSSR count). The first kappa shape index (κ1) is 12.2. The van der Waals surface area contributed by atoms with Gasteiger partial charge in [0.05, 0.1) is 6.42 Å². The molecular formula is C9H17N3O2S. The SMILES string of the molecule is NC(CC(=O)NCC1CCCCS1)=NO. The number of thioether (sulfide) groups is 1. The molecule has 0 aromatic heterocycles. The standard InChI is InChI=1S/C9H17N3O2S/c10-8(12-14)5-9(13)11-6-7-3-1-2-4-15-7/h7,14H,1-6H2,(H2,10,12)(H,11,13). The average molecular weight is 231 g/mol. The Morgan fingerprint density at radius 1 is 1.60 bits per heavy atom. The lowest BCUT2D eigenvalue weighted by Gasteiger charge is -2.21. The van der Waals surface area contributed by atoms with Gasteiger partial charge in [0.25, 0.3) is 0 Å². The number of carbonyl (C=O) groups is 1. The van der Waals surface area contributed by atoms with Crippen LogP contribution < -0.4 is 11.1 Å². The summed E-state index contributed by atoms with van der Waals surface area (Å²) < 4.78 is 0. The van der Waals surface area contributed by atoms with E-state index in [4.69, 9.17) is 10.9 Å². The molecular weight excluding hydrogens is 214 g/mol. The fourth-order valence-electron chi connectivity index (χ4n) is 1.46. The van der Waals surface area contributed by atoms with E-state index in [1.54, 1.807) is 0 Å². The van der Waals surface area contributed by atoms with Gasteiger partial charge in [-0.3, -0.25) is 4.79 Å². The highest BCUT2D eigenvalue weighted by Gasteiger charge is 2.14. The number of amides is 1. The first-order valence-electron chi connectivity index (χ1n) is 5.07. The first-order chi connectivity index (χ1) is 7.22. The van der Waals surface area contributed by atoms with Crippen LogP contribution in [0.4, 0.5) is 0 Å². The van der Waals surface area contributed by atoms with Gasteiger partial charge in [-0.05, 0) is 18.6 Å². The van der Waals surface area contributed by atoms with Gasteiger partial charge in [-0.2, -0.15) is 11.8 Å². The van der Waals surface area contributed by atoms with E-state index in [0.29, 0.717) is 11.8 Å². The van der Waals surface area contributed by atoms with E-state index in [9.17, 15) is 4.79 Å². The van der Waals surface area contributed by atoms with E-state index >= 15 is 0 Å². The predicted octanol–water partition coefficient (Wildman–Crippen LogP) is 0.525. The van der Waals surface area contributed by atoms with Gasteiger partial charge >= 0.3 is 0 Å². The summed E-state index contributed by atoms with van der Waals surface area (Å²) >= 11 is 1.90. The molecule has 86 valence electrons. The Morgan fingerprint density at radius 2 is 2.40 bits per heavy atom. The lowest BCUT2D eigenvalue weighted by molar-refractivity contribution is -0.119. The Bertz CT molecular complexity index is 240. The van der Waals surface area contributed by atoms with Crippen LogP contribution in [0.1, 0.15) is 25.7 Å². The number of oxime groups is 1. The van der Waals surface area contributed by atoms with Gasteiger partial charge in [-0.15, -0.1) is 0 Å². The fraction of sp³-hybridized carbons (Fsp3) is 0.778. The van der Waals surface area contributed by atoms with E-state index in [1.807, 2.05) is 11.8 Å². The van der Waals surface area contributed by atoms with E-state index in [-0.39, 0.29) is 18.2 Å². The number of rotatable bonds is 4. The molecule has 0 aliphatic carbocycles. The van der Waals surface area contributed by atoms with E-state index in [1.165, 1.54) is 18.6 Å². The van der Waals surface area contributed by atoms with Crippen molar-refractivity contribution in [2.75, 3.05) is 12.3 Å². The van der Waals surface area contributed by atoms with Gasteiger partial charge in [0.2, 0.25) is 5.91 Å². The van der Waals surface area contributed by atoms with E-state index < -0.39 is 0 Å². The molecule has 15 heavy (non-hydrogen) atoms. The molecule has 0 aromatic carbocycles. The minimum absolute atomic E-state index is 0.0338. The third-order valence-electron chi connectivity index (χ3n) is 2.27. The summed E-state index contributed by atoms with van der Waals surface area (Å²) in [4.78, 5) is 11.3. The molecule has 5 nitrogen and oxygen atoms in total. The largest absolute Gasteiger partial charge is 0.409 e. The molecule has 0 saturated carbocycles. The molecule has 1 aliphatic heterocycles. The van der Waals surface area contributed by atoms with Crippen molar-refractivity contribution in [2.24, 2.45) is 10.9 Å². The number of hydrogen-bond donors (Lipinski definition) is 3. The molecule has 1 unspecified atom stereocenters. The lowest BCUT2D eigenvalue weighted by atomic mass is 10.2. The molecule has 6 heteroatoms. The molecule has 1 fully saturated rings. The summed E-state index contributed by atoms with van der Waals surface area (Å²) in [5, 5.41) is 14.3. The van der Waals surface area contributed by atoms with Gasteiger partial charge in [0.15, 0.2) is 0 Å². The van der Waals surface area contributed by atoms with Crippen molar-refractivity contribution in [2.45, 2.75) is 30.9 Å². The third-order valence-corrected chi connectivity index (χ3v) is 3.67. The van der Waals surface area contributed by atoms with Crippen molar-refractivity contribution in [3.8, 4) is 0 Å². The maximum Gasteiger partial charge on any atom is 0.227 e. The average Bonchev–Trinajstić information content (AvgIpc) is 2.27. The number of nitrogens with one attached hydrogen (secondary N) is 1.